The highest BCUT2D eigenvalue weighted by Crippen LogP contribution is 2.13. The molecule has 0 saturated heterocycles. The van der Waals surface area contributed by atoms with Crippen LogP contribution in [-0.2, 0) is 6.42 Å². The Morgan fingerprint density at radius 3 is 2.50 bits per heavy atom. The molecule has 24 heavy (non-hydrogen) atoms. The molecule has 1 aromatic heterocycles. The van der Waals surface area contributed by atoms with Crippen molar-refractivity contribution in [3.63, 3.8) is 0 Å². The normalized spacial score (nSPS) is 10.5. The number of carbonyl (C=O) groups excluding carboxylic acids is 1. The quantitative estimate of drug-likeness (QED) is 0.655. The molecule has 0 bridgehead atoms. The smallest absolute Gasteiger partial charge is 0.251 e. The van der Waals surface area contributed by atoms with Gasteiger partial charge in [0.15, 0.2) is 0 Å². The maximum absolute atomic E-state index is 12.1. The van der Waals surface area contributed by atoms with Crippen LogP contribution in [0, 0.1) is 0 Å². The van der Waals surface area contributed by atoms with Gasteiger partial charge in [0, 0.05) is 17.7 Å². The Kier molecular flexibility index (Phi) is 5.29. The average Bonchev–Trinajstić information content (AvgIpc) is 3.17. The first kappa shape index (κ1) is 15.9. The van der Waals surface area contributed by atoms with E-state index >= 15 is 0 Å². The molecule has 1 amide bonds. The molecule has 1 heterocycles. The number of aryl methyl sites for hydroxylation is 1. The van der Waals surface area contributed by atoms with Crippen molar-refractivity contribution in [1.29, 1.82) is 0 Å². The molecule has 122 valence electrons. The molecule has 0 spiro atoms. The van der Waals surface area contributed by atoms with Crippen LogP contribution in [0.4, 0.5) is 0 Å². The van der Waals surface area contributed by atoms with E-state index in [2.05, 4.69) is 50.2 Å². The summed E-state index contributed by atoms with van der Waals surface area (Å²) in [6.45, 7) is 0.679. The maximum atomic E-state index is 12.1. The fourth-order valence-corrected chi connectivity index (χ4v) is 2.46. The van der Waals surface area contributed by atoms with Crippen molar-refractivity contribution < 1.29 is 4.79 Å². The Balaban J connectivity index is 1.42. The number of hydrogen-bond donors (Lipinski definition) is 2. The Hall–Kier alpha value is -3.02. The predicted molar refractivity (Wildman–Crippen MR) is 91.3 cm³/mol. The van der Waals surface area contributed by atoms with E-state index in [4.69, 9.17) is 0 Å². The van der Waals surface area contributed by atoms with Crippen LogP contribution in [0.5, 0.6) is 0 Å². The van der Waals surface area contributed by atoms with Crippen molar-refractivity contribution in [1.82, 2.24) is 25.9 Å². The van der Waals surface area contributed by atoms with Gasteiger partial charge in [-0.15, -0.1) is 10.2 Å². The lowest BCUT2D eigenvalue weighted by atomic mass is 10.1. The molecule has 2 aromatic carbocycles. The second-order valence-electron chi connectivity index (χ2n) is 5.51. The summed E-state index contributed by atoms with van der Waals surface area (Å²) >= 11 is 0. The van der Waals surface area contributed by atoms with E-state index in [1.807, 2.05) is 18.2 Å². The summed E-state index contributed by atoms with van der Waals surface area (Å²) in [5.41, 5.74) is 2.79. The first-order valence-electron chi connectivity index (χ1n) is 7.99. The van der Waals surface area contributed by atoms with Gasteiger partial charge in [-0.05, 0) is 42.2 Å². The third kappa shape index (κ3) is 4.25. The van der Waals surface area contributed by atoms with Gasteiger partial charge in [0.25, 0.3) is 5.91 Å². The van der Waals surface area contributed by atoms with E-state index in [1.165, 1.54) is 5.56 Å². The number of aromatic amines is 1. The lowest BCUT2D eigenvalue weighted by Gasteiger charge is -2.06. The van der Waals surface area contributed by atoms with Gasteiger partial charge in [0.05, 0.1) is 0 Å². The Bertz CT molecular complexity index is 754. The van der Waals surface area contributed by atoms with Crippen LogP contribution < -0.4 is 5.32 Å². The molecule has 6 nitrogen and oxygen atoms in total. The van der Waals surface area contributed by atoms with Crippen LogP contribution in [0.1, 0.15) is 28.8 Å². The Labute approximate surface area is 140 Å². The van der Waals surface area contributed by atoms with Gasteiger partial charge in [0.2, 0.25) is 5.82 Å². The molecular weight excluding hydrogens is 302 g/mol. The van der Waals surface area contributed by atoms with Gasteiger partial charge in [0.1, 0.15) is 0 Å². The summed E-state index contributed by atoms with van der Waals surface area (Å²) in [4.78, 5) is 12.1. The largest absolute Gasteiger partial charge is 0.352 e. The van der Waals surface area contributed by atoms with E-state index in [9.17, 15) is 4.79 Å². The van der Waals surface area contributed by atoms with Crippen LogP contribution in [0.2, 0.25) is 0 Å². The summed E-state index contributed by atoms with van der Waals surface area (Å²) in [6.07, 6.45) is 3.05. The van der Waals surface area contributed by atoms with Crippen LogP contribution in [0.25, 0.3) is 11.4 Å². The molecular formula is C18H19N5O. The van der Waals surface area contributed by atoms with Crippen molar-refractivity contribution in [2.24, 2.45) is 0 Å². The predicted octanol–water partition coefficient (Wildman–Crippen LogP) is 2.62. The monoisotopic (exact) mass is 321 g/mol. The second kappa shape index (κ2) is 8.01. The molecule has 0 saturated carbocycles. The van der Waals surface area contributed by atoms with Crippen molar-refractivity contribution >= 4 is 5.91 Å². The van der Waals surface area contributed by atoms with Gasteiger partial charge >= 0.3 is 0 Å². The molecule has 0 unspecified atom stereocenters. The third-order valence-corrected chi connectivity index (χ3v) is 3.77. The SMILES string of the molecule is O=C(NCCCCc1ccccc1)c1ccc(-c2nn[nH]n2)cc1. The number of nitrogens with one attached hydrogen (secondary N) is 2. The van der Waals surface area contributed by atoms with E-state index in [0.717, 1.165) is 24.8 Å². The van der Waals surface area contributed by atoms with Crippen molar-refractivity contribution in [2.45, 2.75) is 19.3 Å². The summed E-state index contributed by atoms with van der Waals surface area (Å²) in [5.74, 6) is 0.456. The summed E-state index contributed by atoms with van der Waals surface area (Å²) in [6, 6.07) is 17.5. The zero-order chi connectivity index (χ0) is 16.6. The number of H-pyrrole nitrogens is 1. The number of carbonyl (C=O) groups is 1. The molecule has 0 radical (unpaired) electrons. The zero-order valence-corrected chi connectivity index (χ0v) is 13.3. The van der Waals surface area contributed by atoms with Gasteiger partial charge in [-0.25, -0.2) is 0 Å². The summed E-state index contributed by atoms with van der Waals surface area (Å²) in [5, 5.41) is 16.7. The highest BCUT2D eigenvalue weighted by atomic mass is 16.1. The second-order valence-corrected chi connectivity index (χ2v) is 5.51. The molecule has 2 N–H and O–H groups in total. The molecule has 0 atom stereocenters. The molecule has 0 aliphatic rings. The van der Waals surface area contributed by atoms with Gasteiger partial charge in [-0.2, -0.15) is 5.21 Å². The topological polar surface area (TPSA) is 83.6 Å². The molecule has 3 rings (SSSR count). The number of rotatable bonds is 7. The van der Waals surface area contributed by atoms with Crippen LogP contribution >= 0.6 is 0 Å². The lowest BCUT2D eigenvalue weighted by molar-refractivity contribution is 0.0953. The highest BCUT2D eigenvalue weighted by Gasteiger charge is 2.07. The first-order chi connectivity index (χ1) is 11.8. The molecule has 0 aliphatic carbocycles. The van der Waals surface area contributed by atoms with E-state index in [1.54, 1.807) is 12.1 Å². The highest BCUT2D eigenvalue weighted by molar-refractivity contribution is 5.94. The van der Waals surface area contributed by atoms with Crippen LogP contribution in [-0.4, -0.2) is 33.1 Å². The fourth-order valence-electron chi connectivity index (χ4n) is 2.46. The minimum absolute atomic E-state index is 0.0608. The van der Waals surface area contributed by atoms with E-state index < -0.39 is 0 Å². The maximum Gasteiger partial charge on any atom is 0.251 e. The number of aromatic nitrogens is 4. The number of unbranched alkanes of at least 4 members (excludes halogenated alkanes) is 1. The number of nitrogens with zero attached hydrogens (tertiary/aromatic N) is 3. The minimum Gasteiger partial charge on any atom is -0.352 e. The Morgan fingerprint density at radius 2 is 1.79 bits per heavy atom. The number of hydrogen-bond acceptors (Lipinski definition) is 4. The molecule has 0 fully saturated rings. The Morgan fingerprint density at radius 1 is 1.00 bits per heavy atom. The standard InChI is InChI=1S/C18H19N5O/c24-18(19-13-5-4-8-14-6-2-1-3-7-14)16-11-9-15(10-12-16)17-20-22-23-21-17/h1-3,6-7,9-12H,4-5,8,13H2,(H,19,24)(H,20,21,22,23). The molecule has 6 heteroatoms. The summed E-state index contributed by atoms with van der Waals surface area (Å²) in [7, 11) is 0. The van der Waals surface area contributed by atoms with Crippen LogP contribution in [0.3, 0.4) is 0 Å². The summed E-state index contributed by atoms with van der Waals surface area (Å²) < 4.78 is 0. The van der Waals surface area contributed by atoms with E-state index in [-0.39, 0.29) is 5.91 Å². The lowest BCUT2D eigenvalue weighted by Crippen LogP contribution is -2.24. The molecule has 0 aliphatic heterocycles. The fraction of sp³-hybridized carbons (Fsp3) is 0.222. The van der Waals surface area contributed by atoms with Gasteiger partial charge in [-0.3, -0.25) is 4.79 Å². The van der Waals surface area contributed by atoms with Crippen molar-refractivity contribution in [2.75, 3.05) is 6.54 Å². The average molecular weight is 321 g/mol. The van der Waals surface area contributed by atoms with Crippen molar-refractivity contribution in [3.8, 4) is 11.4 Å². The molecule has 3 aromatic rings. The zero-order valence-electron chi connectivity index (χ0n) is 13.3. The first-order valence-corrected chi connectivity index (χ1v) is 7.99. The van der Waals surface area contributed by atoms with Crippen molar-refractivity contribution in [3.05, 3.63) is 65.7 Å². The van der Waals surface area contributed by atoms with Gasteiger partial charge < -0.3 is 5.32 Å². The van der Waals surface area contributed by atoms with Crippen LogP contribution in [0.15, 0.2) is 54.6 Å². The number of tetrazole rings is 1. The number of amides is 1. The minimum atomic E-state index is -0.0608. The van der Waals surface area contributed by atoms with E-state index in [0.29, 0.717) is 17.9 Å². The number of benzene rings is 2. The van der Waals surface area contributed by atoms with Gasteiger partial charge in [-0.1, -0.05) is 42.5 Å². The third-order valence-electron chi connectivity index (χ3n) is 3.77.